The molecule has 0 saturated carbocycles. The predicted octanol–water partition coefficient (Wildman–Crippen LogP) is 5.01. The molecule has 6 heteroatoms. The molecule has 0 radical (unpaired) electrons. The van der Waals surface area contributed by atoms with Gasteiger partial charge < -0.3 is 4.90 Å². The molecule has 1 amide bonds. The average molecular weight is 457 g/mol. The molecule has 5 nitrogen and oxygen atoms in total. The van der Waals surface area contributed by atoms with Gasteiger partial charge in [0.25, 0.3) is 5.91 Å². The average Bonchev–Trinajstić information content (AvgIpc) is 3.46. The number of thiophene rings is 1. The molecule has 0 bridgehead atoms. The Morgan fingerprint density at radius 3 is 2.24 bits per heavy atom. The smallest absolute Gasteiger partial charge is 0.257 e. The van der Waals surface area contributed by atoms with Crippen molar-refractivity contribution in [3.8, 4) is 10.6 Å². The second kappa shape index (κ2) is 10.1. The summed E-state index contributed by atoms with van der Waals surface area (Å²) in [6, 6.07) is 24.9. The van der Waals surface area contributed by atoms with Gasteiger partial charge in [-0.1, -0.05) is 66.7 Å². The fourth-order valence-corrected chi connectivity index (χ4v) is 5.09. The monoisotopic (exact) mass is 456 g/mol. The number of amides is 1. The lowest BCUT2D eigenvalue weighted by Gasteiger charge is -2.22. The van der Waals surface area contributed by atoms with Crippen molar-refractivity contribution < 1.29 is 4.79 Å². The van der Waals surface area contributed by atoms with Crippen molar-refractivity contribution in [2.75, 3.05) is 26.2 Å². The molecule has 33 heavy (non-hydrogen) atoms. The fraction of sp³-hybridized carbons (Fsp3) is 0.259. The number of hydrogen-bond donors (Lipinski definition) is 0. The Morgan fingerprint density at radius 2 is 1.55 bits per heavy atom. The van der Waals surface area contributed by atoms with Crippen molar-refractivity contribution in [3.05, 3.63) is 101 Å². The van der Waals surface area contributed by atoms with Gasteiger partial charge in [-0.05, 0) is 29.0 Å². The maximum atomic E-state index is 13.7. The van der Waals surface area contributed by atoms with Gasteiger partial charge in [0.05, 0.1) is 17.0 Å². The van der Waals surface area contributed by atoms with Gasteiger partial charge in [0.1, 0.15) is 5.69 Å². The van der Waals surface area contributed by atoms with Crippen LogP contribution in [0.3, 0.4) is 0 Å². The Bertz CT molecular complexity index is 1170. The molecule has 0 atom stereocenters. The van der Waals surface area contributed by atoms with Gasteiger partial charge in [-0.15, -0.1) is 11.3 Å². The first kappa shape index (κ1) is 21.6. The second-order valence-corrected chi connectivity index (χ2v) is 9.41. The van der Waals surface area contributed by atoms with Gasteiger partial charge in [-0.25, -0.2) is 0 Å². The van der Waals surface area contributed by atoms with Crippen LogP contribution in [0.2, 0.25) is 0 Å². The third-order valence-corrected chi connectivity index (χ3v) is 6.94. The third kappa shape index (κ3) is 5.24. The highest BCUT2D eigenvalue weighted by Gasteiger charge is 2.25. The molecule has 1 fully saturated rings. The minimum atomic E-state index is 0.0827. The van der Waals surface area contributed by atoms with Gasteiger partial charge in [-0.3, -0.25) is 14.4 Å². The van der Waals surface area contributed by atoms with Crippen LogP contribution >= 0.6 is 11.3 Å². The first-order valence-electron chi connectivity index (χ1n) is 11.5. The van der Waals surface area contributed by atoms with Gasteiger partial charge in [0.2, 0.25) is 0 Å². The van der Waals surface area contributed by atoms with E-state index in [1.54, 1.807) is 11.3 Å². The number of nitrogens with zero attached hydrogens (tertiary/aromatic N) is 4. The maximum Gasteiger partial charge on any atom is 0.257 e. The van der Waals surface area contributed by atoms with Crippen LogP contribution in [0.15, 0.2) is 84.4 Å². The predicted molar refractivity (Wildman–Crippen MR) is 133 cm³/mol. The SMILES string of the molecule is O=C(c1cn(Cc2ccccc2)nc1-c1cccs1)N1CCCN(Cc2ccccc2)CC1. The first-order valence-corrected chi connectivity index (χ1v) is 12.3. The van der Waals surface area contributed by atoms with E-state index in [4.69, 9.17) is 5.10 Å². The van der Waals surface area contributed by atoms with Crippen LogP contribution in [0.4, 0.5) is 0 Å². The van der Waals surface area contributed by atoms with Crippen molar-refractivity contribution in [3.63, 3.8) is 0 Å². The fourth-order valence-electron chi connectivity index (χ4n) is 4.37. The summed E-state index contributed by atoms with van der Waals surface area (Å²) < 4.78 is 1.90. The van der Waals surface area contributed by atoms with E-state index in [9.17, 15) is 4.79 Å². The summed E-state index contributed by atoms with van der Waals surface area (Å²) in [5.41, 5.74) is 3.98. The quantitative estimate of drug-likeness (QED) is 0.410. The van der Waals surface area contributed by atoms with E-state index in [1.165, 1.54) is 11.1 Å². The topological polar surface area (TPSA) is 41.4 Å². The molecule has 0 aliphatic carbocycles. The number of hydrogen-bond acceptors (Lipinski definition) is 4. The van der Waals surface area contributed by atoms with Gasteiger partial charge in [-0.2, -0.15) is 5.10 Å². The van der Waals surface area contributed by atoms with E-state index in [0.717, 1.165) is 49.7 Å². The van der Waals surface area contributed by atoms with Crippen molar-refractivity contribution in [2.45, 2.75) is 19.5 Å². The van der Waals surface area contributed by atoms with Crippen LogP contribution in [0.5, 0.6) is 0 Å². The van der Waals surface area contributed by atoms with Crippen molar-refractivity contribution in [2.24, 2.45) is 0 Å². The first-order chi connectivity index (χ1) is 16.3. The molecular weight excluding hydrogens is 428 g/mol. The number of carbonyl (C=O) groups is 1. The lowest BCUT2D eigenvalue weighted by atomic mass is 10.2. The molecule has 0 unspecified atom stereocenters. The summed E-state index contributed by atoms with van der Waals surface area (Å²) in [6.07, 6.45) is 2.90. The van der Waals surface area contributed by atoms with Crippen LogP contribution in [-0.4, -0.2) is 51.7 Å². The summed E-state index contributed by atoms with van der Waals surface area (Å²) in [5.74, 6) is 0.0827. The Labute approximate surface area is 198 Å². The van der Waals surface area contributed by atoms with Gasteiger partial charge >= 0.3 is 0 Å². The summed E-state index contributed by atoms with van der Waals surface area (Å²) in [7, 11) is 0. The number of carbonyl (C=O) groups excluding carboxylic acids is 1. The van der Waals surface area contributed by atoms with E-state index in [0.29, 0.717) is 12.1 Å². The highest BCUT2D eigenvalue weighted by atomic mass is 32.1. The largest absolute Gasteiger partial charge is 0.337 e. The standard InChI is InChI=1S/C27H28N4OS/c32-27(30-15-8-14-29(16-17-30)19-22-9-3-1-4-10-22)24-21-31(20-23-11-5-2-6-12-23)28-26(24)25-13-7-18-33-25/h1-7,9-13,18,21H,8,14-17,19-20H2. The minimum Gasteiger partial charge on any atom is -0.337 e. The molecule has 2 aromatic heterocycles. The second-order valence-electron chi connectivity index (χ2n) is 8.46. The van der Waals surface area contributed by atoms with E-state index < -0.39 is 0 Å². The Morgan fingerprint density at radius 1 is 0.818 bits per heavy atom. The van der Waals surface area contributed by atoms with Crippen LogP contribution in [0.25, 0.3) is 10.6 Å². The van der Waals surface area contributed by atoms with E-state index in [1.807, 2.05) is 51.5 Å². The lowest BCUT2D eigenvalue weighted by molar-refractivity contribution is 0.0762. The molecule has 3 heterocycles. The van der Waals surface area contributed by atoms with Crippen LogP contribution in [-0.2, 0) is 13.1 Å². The maximum absolute atomic E-state index is 13.7. The minimum absolute atomic E-state index is 0.0827. The molecule has 5 rings (SSSR count). The highest BCUT2D eigenvalue weighted by molar-refractivity contribution is 7.13. The summed E-state index contributed by atoms with van der Waals surface area (Å²) >= 11 is 1.62. The van der Waals surface area contributed by atoms with E-state index in [2.05, 4.69) is 47.4 Å². The summed E-state index contributed by atoms with van der Waals surface area (Å²) in [4.78, 5) is 19.1. The van der Waals surface area contributed by atoms with Gasteiger partial charge in [0.15, 0.2) is 0 Å². The molecule has 2 aromatic carbocycles. The third-order valence-electron chi connectivity index (χ3n) is 6.06. The number of aromatic nitrogens is 2. The molecule has 1 aliphatic heterocycles. The molecular formula is C27H28N4OS. The van der Waals surface area contributed by atoms with Crippen LogP contribution < -0.4 is 0 Å². The highest BCUT2D eigenvalue weighted by Crippen LogP contribution is 2.28. The Hall–Kier alpha value is -3.22. The van der Waals surface area contributed by atoms with E-state index in [-0.39, 0.29) is 5.91 Å². The molecule has 1 aliphatic rings. The van der Waals surface area contributed by atoms with Crippen molar-refractivity contribution >= 4 is 17.2 Å². The zero-order chi connectivity index (χ0) is 22.5. The summed E-state index contributed by atoms with van der Waals surface area (Å²) in [5, 5.41) is 6.86. The van der Waals surface area contributed by atoms with E-state index >= 15 is 0 Å². The number of benzene rings is 2. The summed E-state index contributed by atoms with van der Waals surface area (Å²) in [6.45, 7) is 4.98. The molecule has 168 valence electrons. The van der Waals surface area contributed by atoms with Crippen LogP contribution in [0, 0.1) is 0 Å². The zero-order valence-corrected chi connectivity index (χ0v) is 19.5. The molecule has 0 N–H and O–H groups in total. The lowest BCUT2D eigenvalue weighted by Crippen LogP contribution is -2.35. The van der Waals surface area contributed by atoms with Gasteiger partial charge in [0, 0.05) is 38.9 Å². The van der Waals surface area contributed by atoms with Crippen LogP contribution in [0.1, 0.15) is 27.9 Å². The normalized spacial score (nSPS) is 14.8. The number of rotatable bonds is 6. The van der Waals surface area contributed by atoms with Crippen molar-refractivity contribution in [1.29, 1.82) is 0 Å². The molecule has 1 saturated heterocycles. The molecule has 0 spiro atoms. The van der Waals surface area contributed by atoms with Crippen molar-refractivity contribution in [1.82, 2.24) is 19.6 Å². The Balaban J connectivity index is 1.34. The zero-order valence-electron chi connectivity index (χ0n) is 18.6. The molecule has 4 aromatic rings. The Kier molecular flexibility index (Phi) is 6.65.